The maximum Gasteiger partial charge on any atom is 0.336 e. The lowest BCUT2D eigenvalue weighted by Crippen LogP contribution is -2.10. The molecule has 5 nitrogen and oxygen atoms in total. The van der Waals surface area contributed by atoms with Crippen LogP contribution in [-0.4, -0.2) is 30.3 Å². The number of fused-ring (bicyclic) bond motifs is 1. The Morgan fingerprint density at radius 3 is 2.50 bits per heavy atom. The highest BCUT2D eigenvalue weighted by Crippen LogP contribution is 2.28. The molecule has 0 amide bonds. The number of carbonyl (C=O) groups is 1. The average Bonchev–Trinajstić information content (AvgIpc) is 2.62. The Morgan fingerprint density at radius 1 is 1.35 bits per heavy atom. The Hall–Kier alpha value is -1.82. The molecule has 0 aliphatic heterocycles. The van der Waals surface area contributed by atoms with E-state index in [0.717, 1.165) is 5.52 Å². The molecule has 0 spiro atoms. The van der Waals surface area contributed by atoms with E-state index >= 15 is 0 Å². The van der Waals surface area contributed by atoms with Crippen LogP contribution in [0.4, 0.5) is 0 Å². The van der Waals surface area contributed by atoms with E-state index in [-0.39, 0.29) is 17.4 Å². The summed E-state index contributed by atoms with van der Waals surface area (Å²) in [7, 11) is -3.18. The number of nitrogens with zero attached hydrogens (tertiary/aromatic N) is 1. The number of sulfone groups is 1. The normalized spacial score (nSPS) is 12.2. The SMILES string of the molecule is CC(C)n1c(CS(C)(=O)=O)cc2c(C(=O)O)cccc21. The molecule has 2 aromatic rings. The van der Waals surface area contributed by atoms with E-state index in [9.17, 15) is 18.3 Å². The summed E-state index contributed by atoms with van der Waals surface area (Å²) in [6, 6.07) is 6.73. The second kappa shape index (κ2) is 4.94. The van der Waals surface area contributed by atoms with Crippen molar-refractivity contribution in [2.75, 3.05) is 6.26 Å². The molecule has 0 bridgehead atoms. The van der Waals surface area contributed by atoms with Gasteiger partial charge in [0.15, 0.2) is 9.84 Å². The molecule has 1 aromatic heterocycles. The predicted octanol–water partition coefficient (Wildman–Crippen LogP) is 2.47. The number of rotatable bonds is 4. The molecule has 0 saturated heterocycles. The van der Waals surface area contributed by atoms with Gasteiger partial charge in [-0.2, -0.15) is 0 Å². The maximum absolute atomic E-state index is 11.5. The summed E-state index contributed by atoms with van der Waals surface area (Å²) in [5.41, 5.74) is 1.56. The fraction of sp³-hybridized carbons (Fsp3) is 0.357. The fourth-order valence-corrected chi connectivity index (χ4v) is 3.24. The molecule has 0 fully saturated rings. The van der Waals surface area contributed by atoms with Crippen molar-refractivity contribution >= 4 is 26.7 Å². The molecule has 1 N–H and O–H groups in total. The van der Waals surface area contributed by atoms with Crippen molar-refractivity contribution in [3.05, 3.63) is 35.5 Å². The van der Waals surface area contributed by atoms with Gasteiger partial charge in [-0.25, -0.2) is 13.2 Å². The molecular weight excluding hydrogens is 278 g/mol. The predicted molar refractivity (Wildman–Crippen MR) is 77.8 cm³/mol. The molecule has 1 heterocycles. The Labute approximate surface area is 117 Å². The number of benzene rings is 1. The zero-order valence-electron chi connectivity index (χ0n) is 11.6. The van der Waals surface area contributed by atoms with Gasteiger partial charge in [-0.3, -0.25) is 0 Å². The lowest BCUT2D eigenvalue weighted by molar-refractivity contribution is 0.0699. The second-order valence-corrected chi connectivity index (χ2v) is 7.35. The molecule has 6 heteroatoms. The Balaban J connectivity index is 2.78. The molecule has 20 heavy (non-hydrogen) atoms. The summed E-state index contributed by atoms with van der Waals surface area (Å²) in [6.45, 7) is 3.89. The summed E-state index contributed by atoms with van der Waals surface area (Å²) in [5, 5.41) is 9.80. The van der Waals surface area contributed by atoms with Gasteiger partial charge in [0.05, 0.1) is 11.3 Å². The first kappa shape index (κ1) is 14.6. The first-order chi connectivity index (χ1) is 9.20. The fourth-order valence-electron chi connectivity index (χ4n) is 2.48. The summed E-state index contributed by atoms with van der Waals surface area (Å²) >= 11 is 0. The van der Waals surface area contributed by atoms with E-state index in [1.165, 1.54) is 12.3 Å². The summed E-state index contributed by atoms with van der Waals surface area (Å²) in [5.74, 6) is -1.11. The van der Waals surface area contributed by atoms with Crippen LogP contribution < -0.4 is 0 Å². The van der Waals surface area contributed by atoms with Crippen molar-refractivity contribution in [2.24, 2.45) is 0 Å². The van der Waals surface area contributed by atoms with Crippen LogP contribution in [-0.2, 0) is 15.6 Å². The Bertz CT molecular complexity index is 772. The first-order valence-corrected chi connectivity index (χ1v) is 8.30. The third kappa shape index (κ3) is 2.70. The molecule has 0 aliphatic rings. The van der Waals surface area contributed by atoms with Crippen molar-refractivity contribution in [1.29, 1.82) is 0 Å². The lowest BCUT2D eigenvalue weighted by Gasteiger charge is -2.14. The number of carboxylic acids is 1. The van der Waals surface area contributed by atoms with Gasteiger partial charge in [-0.15, -0.1) is 0 Å². The van der Waals surface area contributed by atoms with Gasteiger partial charge in [-0.1, -0.05) is 6.07 Å². The molecule has 2 rings (SSSR count). The minimum absolute atomic E-state index is 0.0493. The highest BCUT2D eigenvalue weighted by molar-refractivity contribution is 7.89. The van der Waals surface area contributed by atoms with Crippen LogP contribution >= 0.6 is 0 Å². The van der Waals surface area contributed by atoms with Gasteiger partial charge in [-0.05, 0) is 32.0 Å². The second-order valence-electron chi connectivity index (χ2n) is 5.21. The zero-order valence-corrected chi connectivity index (χ0v) is 12.4. The van der Waals surface area contributed by atoms with Gasteiger partial charge in [0.1, 0.15) is 0 Å². The third-order valence-electron chi connectivity index (χ3n) is 3.12. The minimum Gasteiger partial charge on any atom is -0.478 e. The number of aromatic carboxylic acids is 1. The third-order valence-corrected chi connectivity index (χ3v) is 3.94. The topological polar surface area (TPSA) is 76.4 Å². The van der Waals surface area contributed by atoms with Crippen LogP contribution in [0.3, 0.4) is 0 Å². The monoisotopic (exact) mass is 295 g/mol. The number of hydrogen-bond acceptors (Lipinski definition) is 3. The number of carboxylic acid groups (broad SMARTS) is 1. The van der Waals surface area contributed by atoms with Gasteiger partial charge in [0.2, 0.25) is 0 Å². The van der Waals surface area contributed by atoms with Crippen LogP contribution in [0, 0.1) is 0 Å². The molecule has 108 valence electrons. The van der Waals surface area contributed by atoms with Crippen molar-refractivity contribution in [1.82, 2.24) is 4.57 Å². The van der Waals surface area contributed by atoms with Crippen molar-refractivity contribution in [3.63, 3.8) is 0 Å². The highest BCUT2D eigenvalue weighted by Gasteiger charge is 2.18. The molecule has 0 atom stereocenters. The summed E-state index contributed by atoms with van der Waals surface area (Å²) in [6.07, 6.45) is 1.17. The zero-order chi connectivity index (χ0) is 15.1. The van der Waals surface area contributed by atoms with E-state index < -0.39 is 15.8 Å². The molecular formula is C14H17NO4S. The summed E-state index contributed by atoms with van der Waals surface area (Å²) < 4.78 is 25.0. The largest absolute Gasteiger partial charge is 0.478 e. The van der Waals surface area contributed by atoms with Crippen molar-refractivity contribution in [3.8, 4) is 0 Å². The maximum atomic E-state index is 11.5. The van der Waals surface area contributed by atoms with Crippen LogP contribution in [0.2, 0.25) is 0 Å². The number of hydrogen-bond donors (Lipinski definition) is 1. The van der Waals surface area contributed by atoms with Crippen LogP contribution in [0.25, 0.3) is 10.9 Å². The molecule has 0 aliphatic carbocycles. The molecule has 0 unspecified atom stereocenters. The van der Waals surface area contributed by atoms with E-state index in [1.807, 2.05) is 24.5 Å². The standard InChI is InChI=1S/C14H17NO4S/c1-9(2)15-10(8-20(3,18)19)7-12-11(14(16)17)5-4-6-13(12)15/h4-7,9H,8H2,1-3H3,(H,16,17). The molecule has 0 saturated carbocycles. The van der Waals surface area contributed by atoms with Gasteiger partial charge in [0.25, 0.3) is 0 Å². The van der Waals surface area contributed by atoms with E-state index in [4.69, 9.17) is 0 Å². The van der Waals surface area contributed by atoms with Gasteiger partial charge in [0, 0.05) is 28.9 Å². The Morgan fingerprint density at radius 2 is 2.00 bits per heavy atom. The van der Waals surface area contributed by atoms with E-state index in [2.05, 4.69) is 0 Å². The number of aromatic nitrogens is 1. The van der Waals surface area contributed by atoms with Gasteiger partial charge >= 0.3 is 5.97 Å². The summed E-state index contributed by atoms with van der Waals surface area (Å²) in [4.78, 5) is 11.3. The van der Waals surface area contributed by atoms with E-state index in [1.54, 1.807) is 12.1 Å². The van der Waals surface area contributed by atoms with Crippen LogP contribution in [0.5, 0.6) is 0 Å². The Kier molecular flexibility index (Phi) is 3.60. The minimum atomic E-state index is -3.18. The lowest BCUT2D eigenvalue weighted by atomic mass is 10.1. The van der Waals surface area contributed by atoms with Crippen molar-refractivity contribution in [2.45, 2.75) is 25.6 Å². The molecule has 1 aromatic carbocycles. The average molecular weight is 295 g/mol. The van der Waals surface area contributed by atoms with Crippen molar-refractivity contribution < 1.29 is 18.3 Å². The van der Waals surface area contributed by atoms with Crippen LogP contribution in [0.15, 0.2) is 24.3 Å². The smallest absolute Gasteiger partial charge is 0.336 e. The quantitative estimate of drug-likeness (QED) is 0.940. The highest BCUT2D eigenvalue weighted by atomic mass is 32.2. The van der Waals surface area contributed by atoms with Crippen LogP contribution in [0.1, 0.15) is 35.9 Å². The van der Waals surface area contributed by atoms with E-state index in [0.29, 0.717) is 11.1 Å². The van der Waals surface area contributed by atoms with Gasteiger partial charge < -0.3 is 9.67 Å². The first-order valence-electron chi connectivity index (χ1n) is 6.24. The molecule has 0 radical (unpaired) electrons.